The molecule has 2 rings (SSSR count). The van der Waals surface area contributed by atoms with Gasteiger partial charge in [0.25, 0.3) is 5.91 Å². The number of ether oxygens (including phenoxy) is 2. The summed E-state index contributed by atoms with van der Waals surface area (Å²) in [5, 5.41) is 2.89. The van der Waals surface area contributed by atoms with E-state index in [0.29, 0.717) is 17.1 Å². The van der Waals surface area contributed by atoms with Gasteiger partial charge in [-0.25, -0.2) is 0 Å². The van der Waals surface area contributed by atoms with E-state index >= 15 is 0 Å². The van der Waals surface area contributed by atoms with Crippen LogP contribution in [0.1, 0.15) is 24.2 Å². The largest absolute Gasteiger partial charge is 0.497 e. The molecular weight excluding hydrogens is 304 g/mol. The molecule has 1 N–H and O–H groups in total. The van der Waals surface area contributed by atoms with Gasteiger partial charge in [-0.3, -0.25) is 4.79 Å². The molecule has 0 heterocycles. The van der Waals surface area contributed by atoms with Gasteiger partial charge in [0.1, 0.15) is 11.5 Å². The maximum atomic E-state index is 12.4. The molecule has 5 nitrogen and oxygen atoms in total. The van der Waals surface area contributed by atoms with Crippen molar-refractivity contribution in [1.29, 1.82) is 0 Å². The fourth-order valence-corrected chi connectivity index (χ4v) is 2.49. The standard InChI is InChI=1S/C19H24N2O3/c1-5-21(6-2)16-9-7-15(8-10-16)20-19(22)14-11-17(23-3)13-18(12-14)24-4/h7-13H,5-6H2,1-4H3,(H,20,22). The molecule has 128 valence electrons. The van der Waals surface area contributed by atoms with Gasteiger partial charge < -0.3 is 19.7 Å². The van der Waals surface area contributed by atoms with Crippen molar-refractivity contribution in [2.24, 2.45) is 0 Å². The number of hydrogen-bond acceptors (Lipinski definition) is 4. The molecule has 1 amide bonds. The molecule has 0 spiro atoms. The van der Waals surface area contributed by atoms with Crippen LogP contribution >= 0.6 is 0 Å². The Hall–Kier alpha value is -2.69. The predicted octanol–water partition coefficient (Wildman–Crippen LogP) is 3.80. The number of hydrogen-bond donors (Lipinski definition) is 1. The van der Waals surface area contributed by atoms with Gasteiger partial charge in [-0.15, -0.1) is 0 Å². The number of amides is 1. The molecule has 0 aliphatic heterocycles. The van der Waals surface area contributed by atoms with Crippen LogP contribution in [0.4, 0.5) is 11.4 Å². The fourth-order valence-electron chi connectivity index (χ4n) is 2.49. The lowest BCUT2D eigenvalue weighted by Crippen LogP contribution is -2.21. The minimum atomic E-state index is -0.206. The van der Waals surface area contributed by atoms with Gasteiger partial charge in [0, 0.05) is 36.1 Å². The number of benzene rings is 2. The van der Waals surface area contributed by atoms with E-state index in [1.165, 1.54) is 0 Å². The fraction of sp³-hybridized carbons (Fsp3) is 0.316. The van der Waals surface area contributed by atoms with Crippen LogP contribution in [0.5, 0.6) is 11.5 Å². The summed E-state index contributed by atoms with van der Waals surface area (Å²) in [5.41, 5.74) is 2.37. The first-order chi connectivity index (χ1) is 11.6. The highest BCUT2D eigenvalue weighted by Gasteiger charge is 2.10. The number of carbonyl (C=O) groups is 1. The Bertz CT molecular complexity index is 657. The molecule has 2 aromatic rings. The van der Waals surface area contributed by atoms with Crippen molar-refractivity contribution in [3.05, 3.63) is 48.0 Å². The summed E-state index contributed by atoms with van der Waals surface area (Å²) in [6, 6.07) is 12.9. The Morgan fingerprint density at radius 3 is 1.96 bits per heavy atom. The van der Waals surface area contributed by atoms with Crippen LogP contribution in [0.25, 0.3) is 0 Å². The molecule has 0 saturated carbocycles. The molecule has 0 aromatic heterocycles. The summed E-state index contributed by atoms with van der Waals surface area (Å²) in [5.74, 6) is 0.954. The lowest BCUT2D eigenvalue weighted by molar-refractivity contribution is 0.102. The first-order valence-electron chi connectivity index (χ1n) is 8.00. The highest BCUT2D eigenvalue weighted by molar-refractivity contribution is 6.04. The van der Waals surface area contributed by atoms with E-state index in [-0.39, 0.29) is 5.91 Å². The van der Waals surface area contributed by atoms with Gasteiger partial charge in [0.2, 0.25) is 0 Å². The number of carbonyl (C=O) groups excluding carboxylic acids is 1. The van der Waals surface area contributed by atoms with Crippen molar-refractivity contribution < 1.29 is 14.3 Å². The van der Waals surface area contributed by atoms with E-state index in [0.717, 1.165) is 24.5 Å². The third-order valence-corrected chi connectivity index (χ3v) is 3.87. The molecule has 0 unspecified atom stereocenters. The van der Waals surface area contributed by atoms with Crippen molar-refractivity contribution in [2.45, 2.75) is 13.8 Å². The van der Waals surface area contributed by atoms with Crippen LogP contribution in [0.15, 0.2) is 42.5 Å². The normalized spacial score (nSPS) is 10.2. The first-order valence-corrected chi connectivity index (χ1v) is 8.00. The number of methoxy groups -OCH3 is 2. The van der Waals surface area contributed by atoms with Gasteiger partial charge in [-0.2, -0.15) is 0 Å². The van der Waals surface area contributed by atoms with Crippen LogP contribution in [0.3, 0.4) is 0 Å². The van der Waals surface area contributed by atoms with Crippen LogP contribution in [-0.4, -0.2) is 33.2 Å². The predicted molar refractivity (Wildman–Crippen MR) is 97.5 cm³/mol. The smallest absolute Gasteiger partial charge is 0.255 e. The van der Waals surface area contributed by atoms with Gasteiger partial charge in [0.05, 0.1) is 14.2 Å². The highest BCUT2D eigenvalue weighted by Crippen LogP contribution is 2.24. The zero-order valence-corrected chi connectivity index (χ0v) is 14.6. The van der Waals surface area contributed by atoms with Gasteiger partial charge in [0.15, 0.2) is 0 Å². The second-order valence-electron chi connectivity index (χ2n) is 5.27. The molecule has 0 aliphatic carbocycles. The maximum absolute atomic E-state index is 12.4. The first kappa shape index (κ1) is 17.7. The van der Waals surface area contributed by atoms with Crippen LogP contribution in [0, 0.1) is 0 Å². The van der Waals surface area contributed by atoms with Crippen LogP contribution in [0.2, 0.25) is 0 Å². The molecule has 0 radical (unpaired) electrons. The zero-order chi connectivity index (χ0) is 17.5. The SMILES string of the molecule is CCN(CC)c1ccc(NC(=O)c2cc(OC)cc(OC)c2)cc1. The third kappa shape index (κ3) is 4.19. The second kappa shape index (κ2) is 8.24. The van der Waals surface area contributed by atoms with Crippen molar-refractivity contribution in [2.75, 3.05) is 37.5 Å². The average molecular weight is 328 g/mol. The van der Waals surface area contributed by atoms with Crippen molar-refractivity contribution in [3.63, 3.8) is 0 Å². The van der Waals surface area contributed by atoms with E-state index < -0.39 is 0 Å². The zero-order valence-electron chi connectivity index (χ0n) is 14.6. The Labute approximate surface area is 143 Å². The van der Waals surface area contributed by atoms with Crippen LogP contribution in [-0.2, 0) is 0 Å². The maximum Gasteiger partial charge on any atom is 0.255 e. The molecule has 5 heteroatoms. The summed E-state index contributed by atoms with van der Waals surface area (Å²) in [6.45, 7) is 6.14. The van der Waals surface area contributed by atoms with E-state index in [9.17, 15) is 4.79 Å². The lowest BCUT2D eigenvalue weighted by Gasteiger charge is -2.21. The van der Waals surface area contributed by atoms with Crippen molar-refractivity contribution in [3.8, 4) is 11.5 Å². The van der Waals surface area contributed by atoms with Crippen LogP contribution < -0.4 is 19.7 Å². The molecule has 0 atom stereocenters. The molecule has 0 saturated heterocycles. The van der Waals surface area contributed by atoms with E-state index in [4.69, 9.17) is 9.47 Å². The molecule has 0 fully saturated rings. The third-order valence-electron chi connectivity index (χ3n) is 3.87. The summed E-state index contributed by atoms with van der Waals surface area (Å²) in [4.78, 5) is 14.7. The Morgan fingerprint density at radius 1 is 0.958 bits per heavy atom. The van der Waals surface area contributed by atoms with Gasteiger partial charge >= 0.3 is 0 Å². The Kier molecular flexibility index (Phi) is 6.07. The Morgan fingerprint density at radius 2 is 1.50 bits per heavy atom. The van der Waals surface area contributed by atoms with Gasteiger partial charge in [-0.05, 0) is 50.2 Å². The number of rotatable bonds is 7. The topological polar surface area (TPSA) is 50.8 Å². The minimum absolute atomic E-state index is 0.206. The quantitative estimate of drug-likeness (QED) is 0.840. The number of nitrogens with one attached hydrogen (secondary N) is 1. The Balaban J connectivity index is 2.15. The molecule has 2 aromatic carbocycles. The summed E-state index contributed by atoms with van der Waals surface area (Å²) in [7, 11) is 3.12. The highest BCUT2D eigenvalue weighted by atomic mass is 16.5. The summed E-state index contributed by atoms with van der Waals surface area (Å²) < 4.78 is 10.4. The van der Waals surface area contributed by atoms with Crippen molar-refractivity contribution >= 4 is 17.3 Å². The minimum Gasteiger partial charge on any atom is -0.497 e. The van der Waals surface area contributed by atoms with Gasteiger partial charge in [-0.1, -0.05) is 0 Å². The van der Waals surface area contributed by atoms with E-state index in [1.807, 2.05) is 24.3 Å². The molecule has 0 bridgehead atoms. The molecule has 0 aliphatic rings. The summed E-state index contributed by atoms with van der Waals surface area (Å²) >= 11 is 0. The lowest BCUT2D eigenvalue weighted by atomic mass is 10.1. The summed E-state index contributed by atoms with van der Waals surface area (Å²) in [6.07, 6.45) is 0. The molecular formula is C19H24N2O3. The number of nitrogens with zero attached hydrogens (tertiary/aromatic N) is 1. The second-order valence-corrected chi connectivity index (χ2v) is 5.27. The molecule has 24 heavy (non-hydrogen) atoms. The number of anilines is 2. The van der Waals surface area contributed by atoms with E-state index in [2.05, 4.69) is 24.1 Å². The monoisotopic (exact) mass is 328 g/mol. The van der Waals surface area contributed by atoms with E-state index in [1.54, 1.807) is 32.4 Å². The van der Waals surface area contributed by atoms with Crippen molar-refractivity contribution in [1.82, 2.24) is 0 Å². The average Bonchev–Trinajstić information content (AvgIpc) is 2.63.